The van der Waals surface area contributed by atoms with E-state index in [2.05, 4.69) is 0 Å². The number of aromatic carboxylic acids is 1. The van der Waals surface area contributed by atoms with Gasteiger partial charge in [0, 0.05) is 0 Å². The highest BCUT2D eigenvalue weighted by Gasteiger charge is 2.19. The zero-order valence-electron chi connectivity index (χ0n) is 11.6. The Labute approximate surface area is 117 Å². The average molecular weight is 278 g/mol. The smallest absolute Gasteiger partial charge is 0.345 e. The van der Waals surface area contributed by atoms with Gasteiger partial charge in [-0.05, 0) is 24.6 Å². The fraction of sp³-hybridized carbons (Fsp3) is 0.400. The number of carboxylic acid groups (broad SMARTS) is 1. The molecule has 0 bridgehead atoms. The quantitative estimate of drug-likeness (QED) is 0.639. The Kier molecular flexibility index (Phi) is 5.90. The summed E-state index contributed by atoms with van der Waals surface area (Å²) in [6.45, 7) is 3.72. The molecule has 5 nitrogen and oxygen atoms in total. The molecule has 0 heterocycles. The van der Waals surface area contributed by atoms with Crippen LogP contribution in [0.15, 0.2) is 24.3 Å². The van der Waals surface area contributed by atoms with Crippen molar-refractivity contribution in [1.82, 2.24) is 0 Å². The molecule has 108 valence electrons. The maximum atomic E-state index is 11.8. The monoisotopic (exact) mass is 278 g/mol. The number of unbranched alkanes of at least 4 members (excludes halogenated alkanes) is 1. The third-order valence-electron chi connectivity index (χ3n) is 2.93. The maximum absolute atomic E-state index is 11.8. The highest BCUT2D eigenvalue weighted by atomic mass is 16.6. The SMILES string of the molecule is CCCCC(C)C(=O)OC(=O)c1cccc(C(=O)O)c1. The van der Waals surface area contributed by atoms with Gasteiger partial charge in [0.05, 0.1) is 17.0 Å². The minimum Gasteiger partial charge on any atom is -0.478 e. The first-order chi connectivity index (χ1) is 9.45. The minimum atomic E-state index is -1.14. The van der Waals surface area contributed by atoms with Crippen molar-refractivity contribution < 1.29 is 24.2 Å². The number of carbonyl (C=O) groups excluding carboxylic acids is 2. The van der Waals surface area contributed by atoms with Crippen molar-refractivity contribution in [3.63, 3.8) is 0 Å². The minimum absolute atomic E-state index is 0.0223. The van der Waals surface area contributed by atoms with Crippen molar-refractivity contribution in [3.05, 3.63) is 35.4 Å². The molecule has 0 aliphatic rings. The van der Waals surface area contributed by atoms with E-state index in [0.717, 1.165) is 12.8 Å². The fourth-order valence-corrected chi connectivity index (χ4v) is 1.66. The van der Waals surface area contributed by atoms with Gasteiger partial charge in [-0.1, -0.05) is 32.8 Å². The van der Waals surface area contributed by atoms with Crippen LogP contribution in [-0.4, -0.2) is 23.0 Å². The van der Waals surface area contributed by atoms with Gasteiger partial charge < -0.3 is 9.84 Å². The van der Waals surface area contributed by atoms with Gasteiger partial charge in [0.2, 0.25) is 0 Å². The Morgan fingerprint density at radius 1 is 1.25 bits per heavy atom. The summed E-state index contributed by atoms with van der Waals surface area (Å²) >= 11 is 0. The fourth-order valence-electron chi connectivity index (χ4n) is 1.66. The molecule has 0 saturated heterocycles. The predicted molar refractivity (Wildman–Crippen MR) is 72.5 cm³/mol. The van der Waals surface area contributed by atoms with E-state index in [-0.39, 0.29) is 17.0 Å². The summed E-state index contributed by atoms with van der Waals surface area (Å²) in [6, 6.07) is 5.41. The molecule has 5 heteroatoms. The van der Waals surface area contributed by atoms with Crippen molar-refractivity contribution in [1.29, 1.82) is 0 Å². The van der Waals surface area contributed by atoms with E-state index in [0.29, 0.717) is 6.42 Å². The molecule has 1 aromatic carbocycles. The third kappa shape index (κ3) is 4.50. The molecule has 0 fully saturated rings. The molecule has 0 radical (unpaired) electrons. The van der Waals surface area contributed by atoms with Crippen molar-refractivity contribution >= 4 is 17.9 Å². The molecule has 0 aliphatic heterocycles. The third-order valence-corrected chi connectivity index (χ3v) is 2.93. The van der Waals surface area contributed by atoms with E-state index in [9.17, 15) is 14.4 Å². The van der Waals surface area contributed by atoms with Crippen molar-refractivity contribution in [2.45, 2.75) is 33.1 Å². The topological polar surface area (TPSA) is 80.7 Å². The Morgan fingerprint density at radius 2 is 1.90 bits per heavy atom. The molecule has 0 aromatic heterocycles. The highest BCUT2D eigenvalue weighted by molar-refractivity contribution is 5.99. The standard InChI is InChI=1S/C15H18O5/c1-3-4-6-10(2)14(18)20-15(19)12-8-5-7-11(9-12)13(16)17/h5,7-10H,3-4,6H2,1-2H3,(H,16,17). The lowest BCUT2D eigenvalue weighted by atomic mass is 10.1. The molecular weight excluding hydrogens is 260 g/mol. The van der Waals surface area contributed by atoms with Gasteiger partial charge in [0.25, 0.3) is 0 Å². The molecule has 1 N–H and O–H groups in total. The van der Waals surface area contributed by atoms with Crippen molar-refractivity contribution in [2.75, 3.05) is 0 Å². The second kappa shape index (κ2) is 7.43. The first-order valence-corrected chi connectivity index (χ1v) is 6.55. The van der Waals surface area contributed by atoms with Crippen LogP contribution in [0, 0.1) is 5.92 Å². The van der Waals surface area contributed by atoms with E-state index in [1.807, 2.05) is 6.92 Å². The summed E-state index contributed by atoms with van der Waals surface area (Å²) in [5, 5.41) is 8.84. The molecule has 0 aliphatic carbocycles. The molecule has 0 amide bonds. The predicted octanol–water partition coefficient (Wildman–Crippen LogP) is 2.89. The van der Waals surface area contributed by atoms with Gasteiger partial charge in [0.1, 0.15) is 0 Å². The van der Waals surface area contributed by atoms with Crippen LogP contribution in [0.1, 0.15) is 53.8 Å². The van der Waals surface area contributed by atoms with E-state index in [1.54, 1.807) is 6.92 Å². The number of ether oxygens (including phenoxy) is 1. The number of carbonyl (C=O) groups is 3. The molecule has 1 atom stereocenters. The Morgan fingerprint density at radius 3 is 2.50 bits per heavy atom. The number of hydrogen-bond acceptors (Lipinski definition) is 4. The van der Waals surface area contributed by atoms with Gasteiger partial charge >= 0.3 is 17.9 Å². The van der Waals surface area contributed by atoms with Crippen LogP contribution in [-0.2, 0) is 9.53 Å². The zero-order valence-corrected chi connectivity index (χ0v) is 11.6. The Hall–Kier alpha value is -2.17. The Balaban J connectivity index is 2.69. The Bertz CT molecular complexity index is 507. The van der Waals surface area contributed by atoms with Crippen molar-refractivity contribution in [2.24, 2.45) is 5.92 Å². The van der Waals surface area contributed by atoms with Crippen LogP contribution >= 0.6 is 0 Å². The van der Waals surface area contributed by atoms with E-state index in [4.69, 9.17) is 9.84 Å². The number of rotatable bonds is 6. The normalized spacial score (nSPS) is 11.7. The van der Waals surface area contributed by atoms with E-state index < -0.39 is 17.9 Å². The van der Waals surface area contributed by atoms with Crippen LogP contribution in [0.5, 0.6) is 0 Å². The molecular formula is C15H18O5. The number of benzene rings is 1. The summed E-state index contributed by atoms with van der Waals surface area (Å²) in [5.41, 5.74) is 0.0341. The van der Waals surface area contributed by atoms with Crippen LogP contribution in [0.2, 0.25) is 0 Å². The van der Waals surface area contributed by atoms with Gasteiger partial charge in [-0.15, -0.1) is 0 Å². The van der Waals surface area contributed by atoms with Crippen LogP contribution < -0.4 is 0 Å². The second-order valence-corrected chi connectivity index (χ2v) is 4.64. The highest BCUT2D eigenvalue weighted by Crippen LogP contribution is 2.12. The first kappa shape index (κ1) is 15.9. The summed E-state index contributed by atoms with van der Waals surface area (Å²) in [5.74, 6) is -2.88. The maximum Gasteiger partial charge on any atom is 0.345 e. The summed E-state index contributed by atoms with van der Waals surface area (Å²) in [7, 11) is 0. The van der Waals surface area contributed by atoms with Crippen LogP contribution in [0.3, 0.4) is 0 Å². The lowest BCUT2D eigenvalue weighted by Gasteiger charge is -2.09. The first-order valence-electron chi connectivity index (χ1n) is 6.55. The second-order valence-electron chi connectivity index (χ2n) is 4.64. The van der Waals surface area contributed by atoms with Gasteiger partial charge in [-0.25, -0.2) is 9.59 Å². The van der Waals surface area contributed by atoms with E-state index in [1.165, 1.54) is 24.3 Å². The molecule has 0 saturated carbocycles. The lowest BCUT2D eigenvalue weighted by molar-refractivity contribution is -0.142. The molecule has 1 unspecified atom stereocenters. The zero-order chi connectivity index (χ0) is 15.1. The summed E-state index contributed by atoms with van der Waals surface area (Å²) < 4.78 is 4.76. The van der Waals surface area contributed by atoms with Crippen LogP contribution in [0.4, 0.5) is 0 Å². The number of esters is 2. The summed E-state index contributed by atoms with van der Waals surface area (Å²) in [6.07, 6.45) is 2.52. The molecule has 1 rings (SSSR count). The molecule has 0 spiro atoms. The average Bonchev–Trinajstić information content (AvgIpc) is 2.44. The number of carboxylic acids is 1. The largest absolute Gasteiger partial charge is 0.478 e. The number of hydrogen-bond donors (Lipinski definition) is 1. The molecule has 1 aromatic rings. The van der Waals surface area contributed by atoms with E-state index >= 15 is 0 Å². The van der Waals surface area contributed by atoms with Gasteiger partial charge in [-0.3, -0.25) is 4.79 Å². The lowest BCUT2D eigenvalue weighted by Crippen LogP contribution is -2.19. The van der Waals surface area contributed by atoms with Gasteiger partial charge in [0.15, 0.2) is 0 Å². The molecule has 20 heavy (non-hydrogen) atoms. The van der Waals surface area contributed by atoms with Crippen LogP contribution in [0.25, 0.3) is 0 Å². The van der Waals surface area contributed by atoms with Gasteiger partial charge in [-0.2, -0.15) is 0 Å². The van der Waals surface area contributed by atoms with Crippen molar-refractivity contribution in [3.8, 4) is 0 Å². The summed E-state index contributed by atoms with van der Waals surface area (Å²) in [4.78, 5) is 34.3.